The maximum Gasteiger partial charge on any atom is 0.413 e. The van der Waals surface area contributed by atoms with Gasteiger partial charge in [0.1, 0.15) is 30.2 Å². The van der Waals surface area contributed by atoms with Crippen molar-refractivity contribution in [3.8, 4) is 17.2 Å². The fourth-order valence-corrected chi connectivity index (χ4v) is 3.84. The number of halogens is 2. The van der Waals surface area contributed by atoms with Gasteiger partial charge in [-0.25, -0.2) is 14.2 Å². The normalized spacial score (nSPS) is 20.4. The monoisotopic (exact) mass is 445 g/mol. The maximum absolute atomic E-state index is 14.1. The second-order valence-electron chi connectivity index (χ2n) is 8.85. The molecule has 1 aromatic heterocycles. The maximum atomic E-state index is 14.1. The van der Waals surface area contributed by atoms with Gasteiger partial charge in [-0.05, 0) is 51.8 Å². The summed E-state index contributed by atoms with van der Waals surface area (Å²) in [5, 5.41) is 9.25. The third-order valence-corrected chi connectivity index (χ3v) is 5.23. The Bertz CT molecular complexity index is 1010. The molecule has 2 unspecified atom stereocenters. The number of rotatable bonds is 3. The van der Waals surface area contributed by atoms with Crippen LogP contribution in [0.1, 0.15) is 52.0 Å². The SMILES string of the molecule is CC(C)(C)OC(=O)N1C(CF)C(c2ccc(-c3cnc(C#N)c(Cl)c3)cc2)OC1(C)C. The predicted molar refractivity (Wildman–Crippen MR) is 115 cm³/mol. The van der Waals surface area contributed by atoms with Crippen molar-refractivity contribution in [3.05, 3.63) is 52.8 Å². The van der Waals surface area contributed by atoms with Gasteiger partial charge in [-0.2, -0.15) is 5.26 Å². The molecule has 0 saturated carbocycles. The Morgan fingerprint density at radius 1 is 1.32 bits per heavy atom. The molecule has 1 aliphatic rings. The van der Waals surface area contributed by atoms with Crippen LogP contribution in [0.2, 0.25) is 5.02 Å². The first-order valence-corrected chi connectivity index (χ1v) is 10.3. The second-order valence-corrected chi connectivity index (χ2v) is 9.25. The van der Waals surface area contributed by atoms with Gasteiger partial charge in [0, 0.05) is 11.8 Å². The number of benzene rings is 1. The van der Waals surface area contributed by atoms with Crippen LogP contribution < -0.4 is 0 Å². The number of pyridine rings is 1. The fourth-order valence-electron chi connectivity index (χ4n) is 3.63. The quantitative estimate of drug-likeness (QED) is 0.609. The van der Waals surface area contributed by atoms with E-state index in [-0.39, 0.29) is 10.7 Å². The van der Waals surface area contributed by atoms with Crippen molar-refractivity contribution in [1.82, 2.24) is 9.88 Å². The van der Waals surface area contributed by atoms with E-state index in [2.05, 4.69) is 4.98 Å². The van der Waals surface area contributed by atoms with Crippen molar-refractivity contribution < 1.29 is 18.7 Å². The third-order valence-electron chi connectivity index (χ3n) is 4.94. The first kappa shape index (κ1) is 23.0. The molecule has 0 aliphatic carbocycles. The van der Waals surface area contributed by atoms with Gasteiger partial charge in [0.15, 0.2) is 5.69 Å². The molecule has 6 nitrogen and oxygen atoms in total. The number of ether oxygens (including phenoxy) is 2. The van der Waals surface area contributed by atoms with E-state index in [0.717, 1.165) is 16.7 Å². The van der Waals surface area contributed by atoms with Crippen LogP contribution in [-0.2, 0) is 9.47 Å². The lowest BCUT2D eigenvalue weighted by molar-refractivity contribution is -0.0797. The molecule has 8 heteroatoms. The number of aromatic nitrogens is 1. The molecule has 3 rings (SSSR count). The summed E-state index contributed by atoms with van der Waals surface area (Å²) in [6, 6.07) is 10.1. The highest BCUT2D eigenvalue weighted by Gasteiger charge is 2.51. The summed E-state index contributed by atoms with van der Waals surface area (Å²) >= 11 is 6.08. The van der Waals surface area contributed by atoms with E-state index in [1.807, 2.05) is 30.3 Å². The van der Waals surface area contributed by atoms with Crippen LogP contribution in [0.4, 0.5) is 9.18 Å². The summed E-state index contributed by atoms with van der Waals surface area (Å²) < 4.78 is 25.7. The van der Waals surface area contributed by atoms with E-state index >= 15 is 0 Å². The Kier molecular flexibility index (Phi) is 6.26. The molecule has 2 heterocycles. The highest BCUT2D eigenvalue weighted by molar-refractivity contribution is 6.31. The molecule has 164 valence electrons. The van der Waals surface area contributed by atoms with Crippen LogP contribution in [0, 0.1) is 11.3 Å². The summed E-state index contributed by atoms with van der Waals surface area (Å²) in [5.41, 5.74) is 0.744. The molecule has 1 saturated heterocycles. The molecule has 1 aromatic carbocycles. The number of hydrogen-bond acceptors (Lipinski definition) is 5. The first-order chi connectivity index (χ1) is 14.5. The number of carbonyl (C=O) groups is 1. The van der Waals surface area contributed by atoms with E-state index in [0.29, 0.717) is 0 Å². The number of hydrogen-bond donors (Lipinski definition) is 0. The lowest BCUT2D eigenvalue weighted by atomic mass is 9.99. The molecule has 2 atom stereocenters. The highest BCUT2D eigenvalue weighted by atomic mass is 35.5. The molecule has 31 heavy (non-hydrogen) atoms. The average Bonchev–Trinajstić information content (AvgIpc) is 2.97. The first-order valence-electron chi connectivity index (χ1n) is 9.89. The molecule has 1 aliphatic heterocycles. The van der Waals surface area contributed by atoms with E-state index < -0.39 is 36.2 Å². The lowest BCUT2D eigenvalue weighted by Gasteiger charge is -2.34. The van der Waals surface area contributed by atoms with Crippen LogP contribution in [0.15, 0.2) is 36.5 Å². The van der Waals surface area contributed by atoms with Crippen LogP contribution in [0.5, 0.6) is 0 Å². The molecule has 0 spiro atoms. The van der Waals surface area contributed by atoms with E-state index in [1.165, 1.54) is 4.90 Å². The summed E-state index contributed by atoms with van der Waals surface area (Å²) in [6.07, 6.45) is 0.310. The predicted octanol–water partition coefficient (Wildman–Crippen LogP) is 5.66. The van der Waals surface area contributed by atoms with Gasteiger partial charge in [-0.1, -0.05) is 35.9 Å². The van der Waals surface area contributed by atoms with Crippen molar-refractivity contribution >= 4 is 17.7 Å². The van der Waals surface area contributed by atoms with Crippen molar-refractivity contribution in [3.63, 3.8) is 0 Å². The van der Waals surface area contributed by atoms with Crippen LogP contribution in [0.3, 0.4) is 0 Å². The van der Waals surface area contributed by atoms with Gasteiger partial charge in [0.2, 0.25) is 0 Å². The Morgan fingerprint density at radius 2 is 1.97 bits per heavy atom. The minimum absolute atomic E-state index is 0.164. The standard InChI is InChI=1S/C23H25ClFN3O3/c1-22(2,3)31-21(29)28-19(11-25)20(30-23(28,4)5)15-8-6-14(7-9-15)16-10-17(24)18(12-26)27-13-16/h6-10,13,19-20H,11H2,1-5H3. The molecule has 0 radical (unpaired) electrons. The van der Waals surface area contributed by atoms with Gasteiger partial charge in [0.05, 0.1) is 11.1 Å². The van der Waals surface area contributed by atoms with Crippen molar-refractivity contribution in [1.29, 1.82) is 5.26 Å². The minimum Gasteiger partial charge on any atom is -0.444 e. The van der Waals surface area contributed by atoms with Gasteiger partial charge in [-0.15, -0.1) is 0 Å². The van der Waals surface area contributed by atoms with Crippen LogP contribution in [0.25, 0.3) is 11.1 Å². The van der Waals surface area contributed by atoms with Crippen molar-refractivity contribution in [2.24, 2.45) is 0 Å². The largest absolute Gasteiger partial charge is 0.444 e. The molecule has 0 bridgehead atoms. The van der Waals surface area contributed by atoms with Gasteiger partial charge in [0.25, 0.3) is 0 Å². The Labute approximate surface area is 186 Å². The molecule has 2 aromatic rings. The Morgan fingerprint density at radius 3 is 2.48 bits per heavy atom. The van der Waals surface area contributed by atoms with Crippen LogP contribution in [-0.4, -0.2) is 40.0 Å². The zero-order valence-electron chi connectivity index (χ0n) is 18.1. The fraction of sp³-hybridized carbons (Fsp3) is 0.435. The Hall–Kier alpha value is -2.69. The highest BCUT2D eigenvalue weighted by Crippen LogP contribution is 2.42. The van der Waals surface area contributed by atoms with Crippen molar-refractivity contribution in [2.75, 3.05) is 6.67 Å². The van der Waals surface area contributed by atoms with Gasteiger partial charge in [-0.3, -0.25) is 4.90 Å². The zero-order chi connectivity index (χ0) is 23.0. The summed E-state index contributed by atoms with van der Waals surface area (Å²) in [7, 11) is 0. The van der Waals surface area contributed by atoms with E-state index in [9.17, 15) is 9.18 Å². The van der Waals surface area contributed by atoms with Gasteiger partial charge < -0.3 is 9.47 Å². The Balaban J connectivity index is 1.88. The van der Waals surface area contributed by atoms with Crippen molar-refractivity contribution in [2.45, 2.75) is 58.1 Å². The minimum atomic E-state index is -1.03. The van der Waals surface area contributed by atoms with E-state index in [1.54, 1.807) is 46.9 Å². The number of amides is 1. The summed E-state index contributed by atoms with van der Waals surface area (Å²) in [6.45, 7) is 7.96. The molecule has 1 fully saturated rings. The topological polar surface area (TPSA) is 75.5 Å². The summed E-state index contributed by atoms with van der Waals surface area (Å²) in [5.74, 6) is 0. The zero-order valence-corrected chi connectivity index (χ0v) is 18.9. The lowest BCUT2D eigenvalue weighted by Crippen LogP contribution is -2.50. The molecular weight excluding hydrogens is 421 g/mol. The molecule has 0 N–H and O–H groups in total. The summed E-state index contributed by atoms with van der Waals surface area (Å²) in [4.78, 5) is 18.1. The number of nitriles is 1. The number of nitrogens with zero attached hydrogens (tertiary/aromatic N) is 3. The third kappa shape index (κ3) is 4.81. The number of carbonyl (C=O) groups excluding carboxylic acids is 1. The average molecular weight is 446 g/mol. The van der Waals surface area contributed by atoms with Crippen LogP contribution >= 0.6 is 11.6 Å². The smallest absolute Gasteiger partial charge is 0.413 e. The second kappa shape index (κ2) is 8.45. The van der Waals surface area contributed by atoms with Gasteiger partial charge >= 0.3 is 6.09 Å². The molecular formula is C23H25ClFN3O3. The molecule has 1 amide bonds. The number of alkyl halides is 1. The van der Waals surface area contributed by atoms with E-state index in [4.69, 9.17) is 26.3 Å².